The van der Waals surface area contributed by atoms with E-state index in [9.17, 15) is 0 Å². The van der Waals surface area contributed by atoms with Crippen LogP contribution in [0.5, 0.6) is 0 Å². The number of fused-ring (bicyclic) bond motifs is 6. The molecular formula is C33H20IrN3-. The molecule has 0 saturated heterocycles. The molecule has 3 nitrogen and oxygen atoms in total. The summed E-state index contributed by atoms with van der Waals surface area (Å²) in [6.07, 6.45) is 3.60. The minimum atomic E-state index is 0. The average molecular weight is 651 g/mol. The van der Waals surface area contributed by atoms with Crippen LogP contribution in [0.4, 0.5) is 0 Å². The third kappa shape index (κ3) is 4.01. The summed E-state index contributed by atoms with van der Waals surface area (Å²) in [6, 6.07) is 40.6. The second-order valence-electron chi connectivity index (χ2n) is 8.79. The van der Waals surface area contributed by atoms with E-state index in [1.807, 2.05) is 30.3 Å². The second kappa shape index (κ2) is 9.66. The third-order valence-corrected chi connectivity index (χ3v) is 6.67. The van der Waals surface area contributed by atoms with Crippen LogP contribution in [0.15, 0.2) is 122 Å². The van der Waals surface area contributed by atoms with Crippen LogP contribution >= 0.6 is 0 Å². The van der Waals surface area contributed by atoms with Crippen molar-refractivity contribution in [2.45, 2.75) is 0 Å². The Morgan fingerprint density at radius 2 is 1.19 bits per heavy atom. The van der Waals surface area contributed by atoms with Gasteiger partial charge in [0.1, 0.15) is 0 Å². The number of hydrogen-bond acceptors (Lipinski definition) is 3. The number of aromatic nitrogens is 3. The van der Waals surface area contributed by atoms with Gasteiger partial charge in [-0.05, 0) is 46.1 Å². The molecule has 7 aromatic rings. The zero-order valence-corrected chi connectivity index (χ0v) is 22.1. The van der Waals surface area contributed by atoms with Gasteiger partial charge >= 0.3 is 0 Å². The number of rotatable bonds is 1. The Bertz CT molecular complexity index is 1840. The minimum absolute atomic E-state index is 0. The monoisotopic (exact) mass is 651 g/mol. The summed E-state index contributed by atoms with van der Waals surface area (Å²) in [5.41, 5.74) is 10.2. The molecule has 3 aromatic heterocycles. The van der Waals surface area contributed by atoms with Gasteiger partial charge in [0.15, 0.2) is 0 Å². The van der Waals surface area contributed by atoms with Crippen molar-refractivity contribution in [3.8, 4) is 33.5 Å². The van der Waals surface area contributed by atoms with Crippen molar-refractivity contribution >= 4 is 32.7 Å². The van der Waals surface area contributed by atoms with Crippen LogP contribution in [-0.4, -0.2) is 15.0 Å². The molecule has 0 bridgehead atoms. The van der Waals surface area contributed by atoms with Gasteiger partial charge in [-0.25, -0.2) is 0 Å². The molecule has 4 heteroatoms. The van der Waals surface area contributed by atoms with Crippen LogP contribution in [0.3, 0.4) is 0 Å². The number of hydrogen-bond donors (Lipinski definition) is 0. The zero-order valence-electron chi connectivity index (χ0n) is 19.7. The number of pyridine rings is 3. The van der Waals surface area contributed by atoms with E-state index in [-0.39, 0.29) is 20.1 Å². The average Bonchev–Trinajstić information content (AvgIpc) is 3.29. The van der Waals surface area contributed by atoms with E-state index in [1.54, 1.807) is 12.4 Å². The summed E-state index contributed by atoms with van der Waals surface area (Å²) < 4.78 is 0. The molecule has 4 aromatic carbocycles. The predicted octanol–water partition coefficient (Wildman–Crippen LogP) is 8.13. The van der Waals surface area contributed by atoms with Gasteiger partial charge in [0.25, 0.3) is 0 Å². The molecule has 0 N–H and O–H groups in total. The molecule has 8 rings (SSSR count). The molecule has 1 aliphatic rings. The summed E-state index contributed by atoms with van der Waals surface area (Å²) in [5.74, 6) is 0. The van der Waals surface area contributed by atoms with Crippen molar-refractivity contribution in [2.75, 3.05) is 0 Å². The van der Waals surface area contributed by atoms with Crippen molar-refractivity contribution in [1.29, 1.82) is 0 Å². The normalized spacial score (nSPS) is 11.0. The van der Waals surface area contributed by atoms with Crippen LogP contribution in [0.1, 0.15) is 0 Å². The molecule has 0 spiro atoms. The van der Waals surface area contributed by atoms with Crippen molar-refractivity contribution in [3.05, 3.63) is 128 Å². The van der Waals surface area contributed by atoms with Gasteiger partial charge in [0.2, 0.25) is 0 Å². The quantitative estimate of drug-likeness (QED) is 0.133. The smallest absolute Gasteiger partial charge is 0.0964 e. The molecule has 1 aliphatic carbocycles. The predicted molar refractivity (Wildman–Crippen MR) is 147 cm³/mol. The van der Waals surface area contributed by atoms with Gasteiger partial charge in [-0.2, -0.15) is 0 Å². The topological polar surface area (TPSA) is 38.7 Å². The first kappa shape index (κ1) is 23.2. The summed E-state index contributed by atoms with van der Waals surface area (Å²) in [6.45, 7) is 0. The second-order valence-corrected chi connectivity index (χ2v) is 8.79. The van der Waals surface area contributed by atoms with Crippen LogP contribution in [0.2, 0.25) is 0 Å². The van der Waals surface area contributed by atoms with Crippen LogP contribution in [0.25, 0.3) is 66.2 Å². The van der Waals surface area contributed by atoms with Gasteiger partial charge in [-0.15, -0.1) is 35.9 Å². The first-order valence-electron chi connectivity index (χ1n) is 12.0. The maximum Gasteiger partial charge on any atom is 0.0964 e. The third-order valence-electron chi connectivity index (χ3n) is 6.67. The molecule has 37 heavy (non-hydrogen) atoms. The Balaban J connectivity index is 0.000000146. The summed E-state index contributed by atoms with van der Waals surface area (Å²) in [4.78, 5) is 13.6. The van der Waals surface area contributed by atoms with E-state index in [1.165, 1.54) is 27.6 Å². The standard InChI is InChI=1S/C21H12N.C12H8N2.Ir/c1-2-7-14(8-3-1)20-13-18-16-10-5-4-9-15(16)17-11-6-12-19(22-20)21(17)18;1-3-9-5-6-10-4-2-8-14-12(10)11(9)13-7-1;/h1-7,9-13H;1-8H;/q-1;;. The van der Waals surface area contributed by atoms with Gasteiger partial charge in [0.05, 0.1) is 16.6 Å². The van der Waals surface area contributed by atoms with Crippen LogP contribution in [0, 0.1) is 6.07 Å². The van der Waals surface area contributed by atoms with Crippen LogP contribution in [-0.2, 0) is 20.1 Å². The molecule has 0 amide bonds. The SMILES string of the molecule is [Ir].[c-]1ccccc1-c1cc2c3c(cccc3n1)-c1ccccc1-2.c1cnc2c(c1)ccc1cccnc12. The maximum absolute atomic E-state index is 4.86. The Kier molecular flexibility index (Phi) is 6.05. The van der Waals surface area contributed by atoms with Crippen molar-refractivity contribution in [3.63, 3.8) is 0 Å². The first-order valence-corrected chi connectivity index (χ1v) is 12.0. The maximum atomic E-state index is 4.86. The molecule has 0 fully saturated rings. The van der Waals surface area contributed by atoms with E-state index in [0.717, 1.165) is 38.6 Å². The van der Waals surface area contributed by atoms with Gasteiger partial charge in [-0.1, -0.05) is 66.7 Å². The molecule has 1 radical (unpaired) electrons. The first-order chi connectivity index (χ1) is 17.9. The molecule has 3 heterocycles. The largest absolute Gasteiger partial charge is 0.296 e. The van der Waals surface area contributed by atoms with Gasteiger partial charge in [-0.3, -0.25) is 15.0 Å². The fraction of sp³-hybridized carbons (Fsp3) is 0. The van der Waals surface area contributed by atoms with Gasteiger partial charge in [0, 0.05) is 48.7 Å². The van der Waals surface area contributed by atoms with E-state index in [0.29, 0.717) is 0 Å². The summed E-state index contributed by atoms with van der Waals surface area (Å²) in [5, 5.41) is 3.54. The minimum Gasteiger partial charge on any atom is -0.296 e. The van der Waals surface area contributed by atoms with Crippen molar-refractivity contribution in [1.82, 2.24) is 15.0 Å². The molecule has 0 unspecified atom stereocenters. The molecule has 0 saturated carbocycles. The molecular weight excluding hydrogens is 631 g/mol. The number of benzene rings is 4. The summed E-state index contributed by atoms with van der Waals surface area (Å²) >= 11 is 0. The van der Waals surface area contributed by atoms with Crippen molar-refractivity contribution < 1.29 is 20.1 Å². The molecule has 0 aliphatic heterocycles. The molecule has 0 atom stereocenters. The summed E-state index contributed by atoms with van der Waals surface area (Å²) in [7, 11) is 0. The van der Waals surface area contributed by atoms with E-state index in [2.05, 4.69) is 94.9 Å². The van der Waals surface area contributed by atoms with Crippen LogP contribution < -0.4 is 0 Å². The Morgan fingerprint density at radius 3 is 1.86 bits per heavy atom. The molecule has 177 valence electrons. The zero-order chi connectivity index (χ0) is 23.9. The van der Waals surface area contributed by atoms with E-state index in [4.69, 9.17) is 4.98 Å². The Hall–Kier alpha value is -4.24. The Morgan fingerprint density at radius 1 is 0.541 bits per heavy atom. The van der Waals surface area contributed by atoms with E-state index < -0.39 is 0 Å². The Labute approximate surface area is 228 Å². The fourth-order valence-corrected chi connectivity index (χ4v) is 5.05. The van der Waals surface area contributed by atoms with E-state index >= 15 is 0 Å². The van der Waals surface area contributed by atoms with Gasteiger partial charge < -0.3 is 0 Å². The fourth-order valence-electron chi connectivity index (χ4n) is 5.05. The number of nitrogens with zero attached hydrogens (tertiary/aromatic N) is 3. The van der Waals surface area contributed by atoms with Crippen molar-refractivity contribution in [2.24, 2.45) is 0 Å².